The van der Waals surface area contributed by atoms with Crippen LogP contribution in [-0.2, 0) is 9.53 Å². The quantitative estimate of drug-likeness (QED) is 0.436. The third kappa shape index (κ3) is 5.99. The summed E-state index contributed by atoms with van der Waals surface area (Å²) in [5, 5.41) is 6.39. The zero-order valence-electron chi connectivity index (χ0n) is 18.8. The predicted octanol–water partition coefficient (Wildman–Crippen LogP) is 5.59. The number of aromatic nitrogens is 2. The number of nitrogens with one attached hydrogen (secondary N) is 2. The molecule has 0 amide bonds. The van der Waals surface area contributed by atoms with Gasteiger partial charge in [0.25, 0.3) is 0 Å². The number of rotatable bonds is 6. The molecule has 4 rings (SSSR count). The second kappa shape index (κ2) is 9.92. The van der Waals surface area contributed by atoms with E-state index in [-0.39, 0.29) is 11.5 Å². The summed E-state index contributed by atoms with van der Waals surface area (Å²) in [5.41, 5.74) is 2.52. The Labute approximate surface area is 198 Å². The van der Waals surface area contributed by atoms with Crippen LogP contribution in [0, 0.1) is 6.92 Å². The highest BCUT2D eigenvalue weighted by Crippen LogP contribution is 2.33. The molecule has 0 saturated heterocycles. The molecule has 0 aliphatic carbocycles. The maximum atomic E-state index is 12.5. The first-order chi connectivity index (χ1) is 16.7. The number of carbonyl (C=O) groups excluding carboxylic acids is 1. The van der Waals surface area contributed by atoms with Crippen LogP contribution in [0.3, 0.4) is 0 Å². The van der Waals surface area contributed by atoms with Crippen molar-refractivity contribution in [3.63, 3.8) is 0 Å². The number of anilines is 3. The van der Waals surface area contributed by atoms with Gasteiger partial charge in [-0.05, 0) is 55.3 Å². The molecule has 35 heavy (non-hydrogen) atoms. The summed E-state index contributed by atoms with van der Waals surface area (Å²) in [6.45, 7) is 2.32. The maximum absolute atomic E-state index is 12.5. The lowest BCUT2D eigenvalue weighted by atomic mass is 10.1. The topological polar surface area (TPSA) is 94.6 Å². The third-order valence-electron chi connectivity index (χ3n) is 5.04. The summed E-state index contributed by atoms with van der Waals surface area (Å²) in [7, 11) is 1.33. The Morgan fingerprint density at radius 2 is 1.91 bits per heavy atom. The second-order valence-corrected chi connectivity index (χ2v) is 7.55. The Hall–Kier alpha value is -4.28. The molecule has 0 bridgehead atoms. The molecule has 1 aliphatic rings. The molecular formula is C24H21F3N4O4. The first-order valence-electron chi connectivity index (χ1n) is 10.5. The zero-order valence-corrected chi connectivity index (χ0v) is 18.8. The molecule has 0 unspecified atom stereocenters. The lowest BCUT2D eigenvalue weighted by Gasteiger charge is -2.14. The van der Waals surface area contributed by atoms with E-state index < -0.39 is 12.3 Å². The molecule has 0 spiro atoms. The molecule has 3 aromatic rings. The van der Waals surface area contributed by atoms with Crippen molar-refractivity contribution in [3.05, 3.63) is 65.5 Å². The monoisotopic (exact) mass is 486 g/mol. The van der Waals surface area contributed by atoms with Gasteiger partial charge in [0, 0.05) is 23.9 Å². The summed E-state index contributed by atoms with van der Waals surface area (Å²) >= 11 is 0. The van der Waals surface area contributed by atoms with Crippen LogP contribution >= 0.6 is 0 Å². The lowest BCUT2D eigenvalue weighted by Crippen LogP contribution is -2.17. The number of esters is 1. The summed E-state index contributed by atoms with van der Waals surface area (Å²) < 4.78 is 52.0. The van der Waals surface area contributed by atoms with Crippen LogP contribution in [0.25, 0.3) is 6.08 Å². The Morgan fingerprint density at radius 1 is 1.11 bits per heavy atom. The standard InChI is InChI=1S/C24H21F3N4O4/c1-14-10-16(6-7-20(14)34-17-4-3-5-18(12-17)35-24(25,26)27)31-22-19-11-15(23(32)33-2)8-9-28-21(19)29-13-30-22/h3-7,10-13H,8-9H2,1-2H3,(H2,28,29,30,31). The van der Waals surface area contributed by atoms with Gasteiger partial charge in [-0.1, -0.05) is 6.07 Å². The van der Waals surface area contributed by atoms with E-state index in [1.54, 1.807) is 31.2 Å². The summed E-state index contributed by atoms with van der Waals surface area (Å²) in [5.74, 6) is 0.925. The molecule has 8 nitrogen and oxygen atoms in total. The maximum Gasteiger partial charge on any atom is 0.573 e. The van der Waals surface area contributed by atoms with Crippen molar-refractivity contribution in [3.8, 4) is 17.2 Å². The largest absolute Gasteiger partial charge is 0.573 e. The van der Waals surface area contributed by atoms with Crippen molar-refractivity contribution in [2.45, 2.75) is 19.7 Å². The highest BCUT2D eigenvalue weighted by molar-refractivity contribution is 5.96. The second-order valence-electron chi connectivity index (χ2n) is 7.55. The fraction of sp³-hybridized carbons (Fsp3) is 0.208. The van der Waals surface area contributed by atoms with Crippen LogP contribution in [0.1, 0.15) is 17.5 Å². The fourth-order valence-corrected chi connectivity index (χ4v) is 3.47. The number of alkyl halides is 3. The van der Waals surface area contributed by atoms with Crippen LogP contribution in [0.15, 0.2) is 54.4 Å². The van der Waals surface area contributed by atoms with E-state index in [0.29, 0.717) is 47.2 Å². The van der Waals surface area contributed by atoms with E-state index in [0.717, 1.165) is 11.6 Å². The van der Waals surface area contributed by atoms with Gasteiger partial charge in [-0.3, -0.25) is 0 Å². The number of aryl methyl sites for hydroxylation is 1. The summed E-state index contributed by atoms with van der Waals surface area (Å²) in [4.78, 5) is 20.6. The van der Waals surface area contributed by atoms with Gasteiger partial charge in [0.15, 0.2) is 0 Å². The number of hydrogen-bond acceptors (Lipinski definition) is 8. The van der Waals surface area contributed by atoms with Gasteiger partial charge in [-0.15, -0.1) is 13.2 Å². The van der Waals surface area contributed by atoms with E-state index in [9.17, 15) is 18.0 Å². The first-order valence-corrected chi connectivity index (χ1v) is 10.5. The molecule has 1 aromatic heterocycles. The molecule has 1 aliphatic heterocycles. The van der Waals surface area contributed by atoms with Crippen molar-refractivity contribution in [2.75, 3.05) is 24.3 Å². The fourth-order valence-electron chi connectivity index (χ4n) is 3.47. The minimum absolute atomic E-state index is 0.197. The van der Waals surface area contributed by atoms with Gasteiger partial charge in [0.1, 0.15) is 35.2 Å². The minimum atomic E-state index is -4.79. The summed E-state index contributed by atoms with van der Waals surface area (Å²) in [6.07, 6.45) is -1.21. The number of hydrogen-bond donors (Lipinski definition) is 2. The highest BCUT2D eigenvalue weighted by Gasteiger charge is 2.31. The van der Waals surface area contributed by atoms with Crippen LogP contribution < -0.4 is 20.1 Å². The third-order valence-corrected chi connectivity index (χ3v) is 5.04. The van der Waals surface area contributed by atoms with Gasteiger partial charge in [-0.25, -0.2) is 14.8 Å². The van der Waals surface area contributed by atoms with Crippen LogP contribution in [0.4, 0.5) is 30.5 Å². The zero-order chi connectivity index (χ0) is 25.0. The molecule has 11 heteroatoms. The van der Waals surface area contributed by atoms with Crippen molar-refractivity contribution < 1.29 is 32.2 Å². The van der Waals surface area contributed by atoms with Crippen LogP contribution in [0.5, 0.6) is 17.2 Å². The Kier molecular flexibility index (Phi) is 6.76. The molecular weight excluding hydrogens is 465 g/mol. The number of methoxy groups -OCH3 is 1. The van der Waals surface area contributed by atoms with Gasteiger partial charge in [0.05, 0.1) is 12.7 Å². The van der Waals surface area contributed by atoms with Gasteiger partial charge in [0.2, 0.25) is 0 Å². The highest BCUT2D eigenvalue weighted by atomic mass is 19.4. The Morgan fingerprint density at radius 3 is 2.66 bits per heavy atom. The van der Waals surface area contributed by atoms with Crippen molar-refractivity contribution in [1.29, 1.82) is 0 Å². The number of carbonyl (C=O) groups is 1. The average molecular weight is 486 g/mol. The Balaban J connectivity index is 1.55. The molecule has 182 valence electrons. The smallest absolute Gasteiger partial charge is 0.466 e. The number of halogens is 3. The van der Waals surface area contributed by atoms with Gasteiger partial charge in [-0.2, -0.15) is 0 Å². The van der Waals surface area contributed by atoms with Gasteiger partial charge >= 0.3 is 12.3 Å². The SMILES string of the molecule is COC(=O)C1=Cc2c(ncnc2Nc2ccc(Oc3cccc(OC(F)(F)F)c3)c(C)c2)NCC1. The van der Waals surface area contributed by atoms with Crippen molar-refractivity contribution >= 4 is 29.4 Å². The number of ether oxygens (including phenoxy) is 3. The first kappa shape index (κ1) is 23.9. The van der Waals surface area contributed by atoms with Crippen LogP contribution in [-0.4, -0.2) is 36.0 Å². The van der Waals surface area contributed by atoms with E-state index in [4.69, 9.17) is 9.47 Å². The molecule has 0 atom stereocenters. The molecule has 2 N–H and O–H groups in total. The van der Waals surface area contributed by atoms with E-state index >= 15 is 0 Å². The van der Waals surface area contributed by atoms with Crippen LogP contribution in [0.2, 0.25) is 0 Å². The number of nitrogens with zero attached hydrogens (tertiary/aromatic N) is 2. The molecule has 0 saturated carbocycles. The van der Waals surface area contributed by atoms with E-state index in [1.807, 2.05) is 0 Å². The predicted molar refractivity (Wildman–Crippen MR) is 123 cm³/mol. The van der Waals surface area contributed by atoms with Gasteiger partial charge < -0.3 is 24.8 Å². The average Bonchev–Trinajstić information content (AvgIpc) is 3.03. The number of benzene rings is 2. The van der Waals surface area contributed by atoms with E-state index in [2.05, 4.69) is 25.3 Å². The molecule has 2 aromatic carbocycles. The number of fused-ring (bicyclic) bond motifs is 1. The van der Waals surface area contributed by atoms with Crippen molar-refractivity contribution in [2.24, 2.45) is 0 Å². The molecule has 2 heterocycles. The van der Waals surface area contributed by atoms with E-state index in [1.165, 1.54) is 31.6 Å². The Bertz CT molecular complexity index is 1280. The molecule has 0 radical (unpaired) electrons. The summed E-state index contributed by atoms with van der Waals surface area (Å²) in [6, 6.07) is 10.5. The molecule has 0 fully saturated rings. The van der Waals surface area contributed by atoms with Crippen molar-refractivity contribution in [1.82, 2.24) is 9.97 Å². The normalized spacial score (nSPS) is 13.0. The minimum Gasteiger partial charge on any atom is -0.466 e. The lowest BCUT2D eigenvalue weighted by molar-refractivity contribution is -0.274.